The third-order valence-corrected chi connectivity index (χ3v) is 2.33. The topological polar surface area (TPSA) is 55.6 Å². The van der Waals surface area contributed by atoms with Crippen LogP contribution in [0.2, 0.25) is 0 Å². The van der Waals surface area contributed by atoms with E-state index in [1.165, 1.54) is 7.11 Å². The molecule has 1 amide bonds. The number of hydrogen-bond acceptors (Lipinski definition) is 3. The van der Waals surface area contributed by atoms with Crippen LogP contribution in [0.15, 0.2) is 0 Å². The summed E-state index contributed by atoms with van der Waals surface area (Å²) in [7, 11) is 1.40. The van der Waals surface area contributed by atoms with E-state index >= 15 is 0 Å². The van der Waals surface area contributed by atoms with Crippen LogP contribution in [-0.4, -0.2) is 36.7 Å². The summed E-state index contributed by atoms with van der Waals surface area (Å²) in [5.74, 6) is 0. The Bertz CT molecular complexity index is 172. The summed E-state index contributed by atoms with van der Waals surface area (Å²) in [5, 5.41) is 0. The second-order valence-corrected chi connectivity index (χ2v) is 3.18. The lowest BCUT2D eigenvalue weighted by atomic mass is 10.1. The molecule has 0 aromatic heterocycles. The molecule has 0 unspecified atom stereocenters. The largest absolute Gasteiger partial charge is 0.453 e. The van der Waals surface area contributed by atoms with E-state index in [0.29, 0.717) is 6.54 Å². The number of ether oxygens (including phenoxy) is 1. The van der Waals surface area contributed by atoms with Gasteiger partial charge in [0.25, 0.3) is 0 Å². The summed E-state index contributed by atoms with van der Waals surface area (Å²) in [6, 6.07) is 0.390. The highest BCUT2D eigenvalue weighted by Crippen LogP contribution is 2.19. The van der Waals surface area contributed by atoms with Gasteiger partial charge in [-0.25, -0.2) is 4.79 Å². The Morgan fingerprint density at radius 2 is 2.42 bits per heavy atom. The first kappa shape index (κ1) is 9.32. The Balaban J connectivity index is 2.57. The molecule has 2 atom stereocenters. The molecular formula is C8H16N2O2. The maximum atomic E-state index is 11.2. The zero-order valence-corrected chi connectivity index (χ0v) is 7.62. The van der Waals surface area contributed by atoms with Crippen LogP contribution in [0.5, 0.6) is 0 Å². The van der Waals surface area contributed by atoms with E-state index < -0.39 is 0 Å². The molecule has 12 heavy (non-hydrogen) atoms. The van der Waals surface area contributed by atoms with Gasteiger partial charge in [0, 0.05) is 18.6 Å². The Kier molecular flexibility index (Phi) is 2.92. The van der Waals surface area contributed by atoms with Crippen molar-refractivity contribution in [3.05, 3.63) is 0 Å². The fourth-order valence-corrected chi connectivity index (χ4v) is 1.68. The van der Waals surface area contributed by atoms with E-state index in [-0.39, 0.29) is 18.2 Å². The lowest BCUT2D eigenvalue weighted by Crippen LogP contribution is -2.36. The molecule has 0 saturated carbocycles. The Hall–Kier alpha value is -0.770. The number of carbonyl (C=O) groups is 1. The average molecular weight is 172 g/mol. The molecule has 0 radical (unpaired) electrons. The summed E-state index contributed by atoms with van der Waals surface area (Å²) < 4.78 is 4.65. The minimum absolute atomic E-state index is 0.119. The van der Waals surface area contributed by atoms with Gasteiger partial charge in [-0.1, -0.05) is 6.92 Å². The Morgan fingerprint density at radius 3 is 2.92 bits per heavy atom. The highest BCUT2D eigenvalue weighted by atomic mass is 16.5. The predicted molar refractivity (Wildman–Crippen MR) is 45.8 cm³/mol. The minimum atomic E-state index is -0.255. The molecule has 70 valence electrons. The van der Waals surface area contributed by atoms with E-state index in [1.807, 2.05) is 0 Å². The quantitative estimate of drug-likeness (QED) is 0.629. The molecule has 4 heteroatoms. The molecule has 2 N–H and O–H groups in total. The Labute approximate surface area is 72.7 Å². The van der Waals surface area contributed by atoms with E-state index in [2.05, 4.69) is 11.7 Å². The molecule has 0 bridgehead atoms. The number of amides is 1. The van der Waals surface area contributed by atoms with E-state index in [4.69, 9.17) is 5.73 Å². The first-order chi connectivity index (χ1) is 5.69. The number of rotatable bonds is 1. The zero-order valence-electron chi connectivity index (χ0n) is 7.62. The molecule has 1 aliphatic rings. The van der Waals surface area contributed by atoms with Crippen molar-refractivity contribution in [3.8, 4) is 0 Å². The monoisotopic (exact) mass is 172 g/mol. The molecular weight excluding hydrogens is 156 g/mol. The standard InChI is InChI=1S/C8H16N2O2/c1-3-7-4-6(9)5-10(7)8(11)12-2/h6-7H,3-5,9H2,1-2H3/t6-,7+/m1/s1. The van der Waals surface area contributed by atoms with Crippen LogP contribution < -0.4 is 5.73 Å². The third-order valence-electron chi connectivity index (χ3n) is 2.33. The second kappa shape index (κ2) is 3.76. The fraction of sp³-hybridized carbons (Fsp3) is 0.875. The van der Waals surface area contributed by atoms with Crippen molar-refractivity contribution in [2.45, 2.75) is 31.8 Å². The van der Waals surface area contributed by atoms with Crippen molar-refractivity contribution >= 4 is 6.09 Å². The average Bonchev–Trinajstić information content (AvgIpc) is 2.45. The lowest BCUT2D eigenvalue weighted by molar-refractivity contribution is 0.118. The number of nitrogens with two attached hydrogens (primary N) is 1. The maximum absolute atomic E-state index is 11.2. The smallest absolute Gasteiger partial charge is 0.409 e. The first-order valence-corrected chi connectivity index (χ1v) is 4.29. The molecule has 1 rings (SSSR count). The second-order valence-electron chi connectivity index (χ2n) is 3.18. The fourth-order valence-electron chi connectivity index (χ4n) is 1.68. The van der Waals surface area contributed by atoms with Crippen LogP contribution in [0.25, 0.3) is 0 Å². The van der Waals surface area contributed by atoms with Gasteiger partial charge in [-0.2, -0.15) is 0 Å². The van der Waals surface area contributed by atoms with Crippen molar-refractivity contribution in [2.75, 3.05) is 13.7 Å². The number of carbonyl (C=O) groups excluding carboxylic acids is 1. The van der Waals surface area contributed by atoms with Gasteiger partial charge in [-0.3, -0.25) is 0 Å². The van der Waals surface area contributed by atoms with Crippen LogP contribution >= 0.6 is 0 Å². The normalized spacial score (nSPS) is 29.1. The summed E-state index contributed by atoms with van der Waals surface area (Å²) in [4.78, 5) is 12.9. The summed E-state index contributed by atoms with van der Waals surface area (Å²) in [6.07, 6.45) is 1.59. The Morgan fingerprint density at radius 1 is 1.75 bits per heavy atom. The highest BCUT2D eigenvalue weighted by molar-refractivity contribution is 5.68. The van der Waals surface area contributed by atoms with Crippen molar-refractivity contribution < 1.29 is 9.53 Å². The van der Waals surface area contributed by atoms with Gasteiger partial charge in [0.05, 0.1) is 7.11 Å². The number of hydrogen-bond donors (Lipinski definition) is 1. The van der Waals surface area contributed by atoms with Crippen LogP contribution in [0.1, 0.15) is 19.8 Å². The van der Waals surface area contributed by atoms with E-state index in [0.717, 1.165) is 12.8 Å². The number of methoxy groups -OCH3 is 1. The molecule has 0 aliphatic carbocycles. The van der Waals surface area contributed by atoms with Gasteiger partial charge >= 0.3 is 6.09 Å². The summed E-state index contributed by atoms with van der Waals surface area (Å²) in [5.41, 5.74) is 5.73. The molecule has 0 aromatic rings. The van der Waals surface area contributed by atoms with Gasteiger partial charge < -0.3 is 15.4 Å². The molecule has 1 saturated heterocycles. The first-order valence-electron chi connectivity index (χ1n) is 4.29. The SMILES string of the molecule is CC[C@H]1C[C@@H](N)CN1C(=O)OC. The van der Waals surface area contributed by atoms with Crippen LogP contribution in [0, 0.1) is 0 Å². The number of likely N-dealkylation sites (tertiary alicyclic amines) is 1. The van der Waals surface area contributed by atoms with Gasteiger partial charge in [-0.15, -0.1) is 0 Å². The molecule has 1 fully saturated rings. The molecule has 0 aromatic carbocycles. The van der Waals surface area contributed by atoms with E-state index in [9.17, 15) is 4.79 Å². The van der Waals surface area contributed by atoms with Crippen molar-refractivity contribution in [3.63, 3.8) is 0 Å². The maximum Gasteiger partial charge on any atom is 0.409 e. The van der Waals surface area contributed by atoms with Gasteiger partial charge in [0.15, 0.2) is 0 Å². The summed E-state index contributed by atoms with van der Waals surface area (Å²) in [6.45, 7) is 2.68. The van der Waals surface area contributed by atoms with Gasteiger partial charge in [0.2, 0.25) is 0 Å². The van der Waals surface area contributed by atoms with Crippen LogP contribution in [-0.2, 0) is 4.74 Å². The predicted octanol–water partition coefficient (Wildman–Crippen LogP) is 0.564. The minimum Gasteiger partial charge on any atom is -0.453 e. The molecule has 1 heterocycles. The van der Waals surface area contributed by atoms with Crippen molar-refractivity contribution in [1.82, 2.24) is 4.90 Å². The van der Waals surface area contributed by atoms with Crippen molar-refractivity contribution in [2.24, 2.45) is 5.73 Å². The van der Waals surface area contributed by atoms with Gasteiger partial charge in [-0.05, 0) is 12.8 Å². The van der Waals surface area contributed by atoms with Crippen LogP contribution in [0.3, 0.4) is 0 Å². The van der Waals surface area contributed by atoms with Gasteiger partial charge in [0.1, 0.15) is 0 Å². The molecule has 1 aliphatic heterocycles. The van der Waals surface area contributed by atoms with Crippen molar-refractivity contribution in [1.29, 1.82) is 0 Å². The number of nitrogens with zero attached hydrogens (tertiary/aromatic N) is 1. The molecule has 0 spiro atoms. The molecule has 4 nitrogen and oxygen atoms in total. The third kappa shape index (κ3) is 1.69. The zero-order chi connectivity index (χ0) is 9.14. The highest BCUT2D eigenvalue weighted by Gasteiger charge is 2.32. The van der Waals surface area contributed by atoms with E-state index in [1.54, 1.807) is 4.90 Å². The van der Waals surface area contributed by atoms with Crippen LogP contribution in [0.4, 0.5) is 4.79 Å². The summed E-state index contributed by atoms with van der Waals surface area (Å²) >= 11 is 0. The lowest BCUT2D eigenvalue weighted by Gasteiger charge is -2.21.